The van der Waals surface area contributed by atoms with Crippen LogP contribution in [0.3, 0.4) is 0 Å². The number of methoxy groups -OCH3 is 1. The molecule has 0 saturated carbocycles. The normalized spacial score (nSPS) is 11.6. The van der Waals surface area contributed by atoms with Crippen LogP contribution in [0.5, 0.6) is 11.5 Å². The second-order valence-electron chi connectivity index (χ2n) is 8.13. The van der Waals surface area contributed by atoms with E-state index in [1.165, 1.54) is 13.3 Å². The van der Waals surface area contributed by atoms with Crippen LogP contribution in [0.15, 0.2) is 33.8 Å². The van der Waals surface area contributed by atoms with Gasteiger partial charge in [-0.1, -0.05) is 24.6 Å². The van der Waals surface area contributed by atoms with Gasteiger partial charge in [-0.05, 0) is 78.9 Å². The number of hydrogen-bond acceptors (Lipinski definition) is 6. The fraction of sp³-hybridized carbons (Fsp3) is 0.360. The summed E-state index contributed by atoms with van der Waals surface area (Å²) >= 11 is 3.42. The lowest BCUT2D eigenvalue weighted by molar-refractivity contribution is -0.139. The highest BCUT2D eigenvalue weighted by molar-refractivity contribution is 9.10. The van der Waals surface area contributed by atoms with Crippen LogP contribution in [0.2, 0.25) is 0 Å². The number of carbonyl (C=O) groups is 3. The standard InChI is InChI=1S/C25H31BrN4O5/c1-7-17(5)28-24(32)25(33)30-27-12-18-10-19(26)23(20(11-18)34-6)35-13-21(31)29-22-15(3)8-14(2)9-16(22)4/h8-12,17H,7,13H2,1-6H3,(H,28,32)(H,29,31)(H,30,33)/b27-12-/t17-/m1/s1. The van der Waals surface area contributed by atoms with Crippen LogP contribution >= 0.6 is 15.9 Å². The van der Waals surface area contributed by atoms with E-state index in [-0.39, 0.29) is 18.6 Å². The molecule has 0 radical (unpaired) electrons. The van der Waals surface area contributed by atoms with Crippen molar-refractivity contribution in [3.05, 3.63) is 51.0 Å². The summed E-state index contributed by atoms with van der Waals surface area (Å²) in [5.41, 5.74) is 6.59. The molecule has 35 heavy (non-hydrogen) atoms. The van der Waals surface area contributed by atoms with E-state index in [1.807, 2.05) is 39.8 Å². The van der Waals surface area contributed by atoms with Gasteiger partial charge in [0.2, 0.25) is 0 Å². The quantitative estimate of drug-likeness (QED) is 0.251. The molecular formula is C25H31BrN4O5. The molecule has 2 rings (SSSR count). The van der Waals surface area contributed by atoms with Crippen molar-refractivity contribution in [2.75, 3.05) is 19.0 Å². The van der Waals surface area contributed by atoms with Gasteiger partial charge in [0.1, 0.15) is 0 Å². The first kappa shape index (κ1) is 27.8. The van der Waals surface area contributed by atoms with Gasteiger partial charge in [-0.2, -0.15) is 5.10 Å². The first-order valence-electron chi connectivity index (χ1n) is 11.1. The summed E-state index contributed by atoms with van der Waals surface area (Å²) in [6.45, 7) is 9.37. The lowest BCUT2D eigenvalue weighted by Gasteiger charge is -2.15. The molecule has 0 fully saturated rings. The molecule has 0 aliphatic rings. The van der Waals surface area contributed by atoms with E-state index in [2.05, 4.69) is 37.1 Å². The molecule has 0 heterocycles. The van der Waals surface area contributed by atoms with E-state index in [4.69, 9.17) is 9.47 Å². The number of nitrogens with zero attached hydrogens (tertiary/aromatic N) is 1. The number of anilines is 1. The zero-order valence-corrected chi connectivity index (χ0v) is 22.3. The monoisotopic (exact) mass is 546 g/mol. The number of halogens is 1. The van der Waals surface area contributed by atoms with Gasteiger partial charge in [-0.25, -0.2) is 5.43 Å². The Balaban J connectivity index is 2.03. The average Bonchev–Trinajstić information content (AvgIpc) is 2.79. The van der Waals surface area contributed by atoms with Gasteiger partial charge < -0.3 is 20.1 Å². The van der Waals surface area contributed by atoms with Crippen LogP contribution in [0, 0.1) is 20.8 Å². The lowest BCUT2D eigenvalue weighted by Crippen LogP contribution is -2.41. The van der Waals surface area contributed by atoms with Crippen molar-refractivity contribution >= 4 is 45.6 Å². The van der Waals surface area contributed by atoms with Crippen LogP contribution < -0.4 is 25.5 Å². The first-order valence-corrected chi connectivity index (χ1v) is 11.9. The Kier molecular flexibility index (Phi) is 10.3. The number of hydrazone groups is 1. The van der Waals surface area contributed by atoms with Crippen LogP contribution in [0.25, 0.3) is 0 Å². The maximum Gasteiger partial charge on any atom is 0.329 e. The molecule has 10 heteroatoms. The van der Waals surface area contributed by atoms with Crippen LogP contribution in [-0.4, -0.2) is 43.7 Å². The second-order valence-corrected chi connectivity index (χ2v) is 8.98. The molecule has 0 bridgehead atoms. The van der Waals surface area contributed by atoms with Gasteiger partial charge in [0.05, 0.1) is 17.8 Å². The molecule has 2 aromatic carbocycles. The molecule has 0 unspecified atom stereocenters. The van der Waals surface area contributed by atoms with Crippen LogP contribution in [0.4, 0.5) is 5.69 Å². The summed E-state index contributed by atoms with van der Waals surface area (Å²) in [6.07, 6.45) is 2.07. The average molecular weight is 547 g/mol. The predicted octanol–water partition coefficient (Wildman–Crippen LogP) is 3.77. The molecule has 2 aromatic rings. The minimum atomic E-state index is -0.863. The molecule has 0 aromatic heterocycles. The Morgan fingerprint density at radius 2 is 1.74 bits per heavy atom. The minimum absolute atomic E-state index is 0.114. The summed E-state index contributed by atoms with van der Waals surface area (Å²) in [4.78, 5) is 36.1. The smallest absolute Gasteiger partial charge is 0.329 e. The molecular weight excluding hydrogens is 516 g/mol. The van der Waals surface area contributed by atoms with Crippen molar-refractivity contribution < 1.29 is 23.9 Å². The third kappa shape index (κ3) is 8.10. The van der Waals surface area contributed by atoms with E-state index in [9.17, 15) is 14.4 Å². The number of rotatable bonds is 9. The third-order valence-electron chi connectivity index (χ3n) is 5.12. The Labute approximate surface area is 213 Å². The van der Waals surface area contributed by atoms with Gasteiger partial charge in [-0.3, -0.25) is 14.4 Å². The molecule has 0 aliphatic carbocycles. The molecule has 0 aliphatic heterocycles. The lowest BCUT2D eigenvalue weighted by atomic mass is 10.1. The molecule has 9 nitrogen and oxygen atoms in total. The van der Waals surface area contributed by atoms with E-state index in [0.717, 1.165) is 22.4 Å². The van der Waals surface area contributed by atoms with Gasteiger partial charge >= 0.3 is 11.8 Å². The molecule has 3 N–H and O–H groups in total. The van der Waals surface area contributed by atoms with Crippen molar-refractivity contribution in [3.63, 3.8) is 0 Å². The number of amides is 3. The number of benzene rings is 2. The Hall–Kier alpha value is -3.40. The highest BCUT2D eigenvalue weighted by atomic mass is 79.9. The van der Waals surface area contributed by atoms with Gasteiger partial charge in [0, 0.05) is 11.7 Å². The Morgan fingerprint density at radius 1 is 1.09 bits per heavy atom. The summed E-state index contributed by atoms with van der Waals surface area (Å²) in [6, 6.07) is 7.20. The first-order chi connectivity index (χ1) is 16.5. The Bertz CT molecular complexity index is 1110. The zero-order chi connectivity index (χ0) is 26.1. The molecule has 3 amide bonds. The summed E-state index contributed by atoms with van der Waals surface area (Å²) in [7, 11) is 1.47. The fourth-order valence-electron chi connectivity index (χ4n) is 3.25. The maximum atomic E-state index is 12.5. The number of carbonyl (C=O) groups excluding carboxylic acids is 3. The topological polar surface area (TPSA) is 118 Å². The summed E-state index contributed by atoms with van der Waals surface area (Å²) in [5.74, 6) is -1.23. The molecule has 188 valence electrons. The van der Waals surface area contributed by atoms with E-state index in [1.54, 1.807) is 19.1 Å². The number of hydrogen-bond donors (Lipinski definition) is 3. The van der Waals surface area contributed by atoms with E-state index in [0.29, 0.717) is 28.0 Å². The third-order valence-corrected chi connectivity index (χ3v) is 5.71. The fourth-order valence-corrected chi connectivity index (χ4v) is 3.83. The SMILES string of the molecule is CC[C@@H](C)NC(=O)C(=O)N/N=C\c1cc(Br)c(OCC(=O)Nc2c(C)cc(C)cc2C)c(OC)c1. The van der Waals surface area contributed by atoms with Gasteiger partial charge in [-0.15, -0.1) is 0 Å². The zero-order valence-electron chi connectivity index (χ0n) is 20.7. The number of aryl methyl sites for hydroxylation is 3. The van der Waals surface area contributed by atoms with Gasteiger partial charge in [0.15, 0.2) is 18.1 Å². The van der Waals surface area contributed by atoms with Crippen molar-refractivity contribution in [1.29, 1.82) is 0 Å². The maximum absolute atomic E-state index is 12.5. The summed E-state index contributed by atoms with van der Waals surface area (Å²) in [5, 5.41) is 9.27. The largest absolute Gasteiger partial charge is 0.493 e. The van der Waals surface area contributed by atoms with Gasteiger partial charge in [0.25, 0.3) is 5.91 Å². The second kappa shape index (κ2) is 12.9. The van der Waals surface area contributed by atoms with Crippen molar-refractivity contribution in [3.8, 4) is 11.5 Å². The Morgan fingerprint density at radius 3 is 2.34 bits per heavy atom. The highest BCUT2D eigenvalue weighted by Crippen LogP contribution is 2.36. The molecule has 0 saturated heterocycles. The van der Waals surface area contributed by atoms with Crippen LogP contribution in [-0.2, 0) is 14.4 Å². The number of nitrogens with one attached hydrogen (secondary N) is 3. The highest BCUT2D eigenvalue weighted by Gasteiger charge is 2.16. The molecule has 1 atom stereocenters. The van der Waals surface area contributed by atoms with Crippen molar-refractivity contribution in [1.82, 2.24) is 10.7 Å². The number of ether oxygens (including phenoxy) is 2. The van der Waals surface area contributed by atoms with Crippen LogP contribution in [0.1, 0.15) is 42.5 Å². The molecule has 0 spiro atoms. The van der Waals surface area contributed by atoms with Crippen molar-refractivity contribution in [2.24, 2.45) is 5.10 Å². The van der Waals surface area contributed by atoms with E-state index < -0.39 is 11.8 Å². The minimum Gasteiger partial charge on any atom is -0.493 e. The van der Waals surface area contributed by atoms with Crippen molar-refractivity contribution in [2.45, 2.75) is 47.1 Å². The van der Waals surface area contributed by atoms with E-state index >= 15 is 0 Å². The summed E-state index contributed by atoms with van der Waals surface area (Å²) < 4.78 is 11.6. The predicted molar refractivity (Wildman–Crippen MR) is 139 cm³/mol.